The van der Waals surface area contributed by atoms with Crippen molar-refractivity contribution in [3.63, 3.8) is 0 Å². The fraction of sp³-hybridized carbons (Fsp3) is 0.444. The van der Waals surface area contributed by atoms with Crippen LogP contribution in [0.1, 0.15) is 40.7 Å². The molecular formula is C18H25ClN4O. The molecule has 2 N–H and O–H groups in total. The molecule has 2 aromatic rings. The Bertz CT molecular complexity index is 711. The maximum atomic E-state index is 12.5. The fourth-order valence-electron chi connectivity index (χ4n) is 3.15. The smallest absolute Gasteiger partial charge is 0.272 e. The van der Waals surface area contributed by atoms with Crippen molar-refractivity contribution < 1.29 is 4.79 Å². The average molecular weight is 349 g/mol. The number of carbonyl (C=O) groups is 1. The quantitative estimate of drug-likeness (QED) is 0.788. The van der Waals surface area contributed by atoms with Crippen LogP contribution in [0.2, 0.25) is 0 Å². The van der Waals surface area contributed by atoms with E-state index in [2.05, 4.69) is 41.7 Å². The zero-order valence-corrected chi connectivity index (χ0v) is 15.1. The van der Waals surface area contributed by atoms with Crippen molar-refractivity contribution >= 4 is 18.3 Å². The van der Waals surface area contributed by atoms with E-state index in [9.17, 15) is 4.79 Å². The number of aromatic nitrogens is 2. The third kappa shape index (κ3) is 3.62. The van der Waals surface area contributed by atoms with Gasteiger partial charge in [-0.15, -0.1) is 12.4 Å². The van der Waals surface area contributed by atoms with E-state index >= 15 is 0 Å². The van der Waals surface area contributed by atoms with Crippen molar-refractivity contribution in [2.45, 2.75) is 33.1 Å². The summed E-state index contributed by atoms with van der Waals surface area (Å²) in [5, 5.41) is 10.8. The Hall–Kier alpha value is -1.85. The van der Waals surface area contributed by atoms with Gasteiger partial charge in [-0.05, 0) is 44.4 Å². The third-order valence-corrected chi connectivity index (χ3v) is 4.33. The predicted octanol–water partition coefficient (Wildman–Crippen LogP) is 2.43. The predicted molar refractivity (Wildman–Crippen MR) is 98.5 cm³/mol. The number of likely N-dealkylation sites (N-methyl/N-ethyl adjacent to an activating group) is 1. The van der Waals surface area contributed by atoms with Crippen LogP contribution in [0.4, 0.5) is 0 Å². The van der Waals surface area contributed by atoms with Crippen molar-refractivity contribution in [1.29, 1.82) is 0 Å². The fourth-order valence-corrected chi connectivity index (χ4v) is 3.15. The highest BCUT2D eigenvalue weighted by Crippen LogP contribution is 2.28. The van der Waals surface area contributed by atoms with Gasteiger partial charge in [0, 0.05) is 24.3 Å². The normalized spacial score (nSPS) is 12.6. The summed E-state index contributed by atoms with van der Waals surface area (Å²) in [7, 11) is 0. The van der Waals surface area contributed by atoms with Gasteiger partial charge >= 0.3 is 0 Å². The molecule has 130 valence electrons. The first-order valence-electron chi connectivity index (χ1n) is 8.38. The maximum absolute atomic E-state index is 12.5. The van der Waals surface area contributed by atoms with E-state index in [0.29, 0.717) is 12.2 Å². The number of carbonyl (C=O) groups excluding carboxylic acids is 1. The topological polar surface area (TPSA) is 58.9 Å². The maximum Gasteiger partial charge on any atom is 0.272 e. The first-order chi connectivity index (χ1) is 11.2. The standard InChI is InChI=1S/C18H24N4O.ClH/c1-3-19-11-12-20-18(23)17-14-8-6-10-16(14)22(21-17)15-9-5-4-7-13(15)2;/h4-5,7,9,19H,3,6,8,10-12H2,1-2H3,(H,20,23);1H. The Balaban J connectivity index is 0.00000208. The SMILES string of the molecule is CCNCCNC(=O)c1nn(-c2ccccc2C)c2c1CCC2.Cl. The van der Waals surface area contributed by atoms with Gasteiger partial charge in [0.2, 0.25) is 0 Å². The van der Waals surface area contributed by atoms with Crippen LogP contribution in [0.3, 0.4) is 0 Å². The lowest BCUT2D eigenvalue weighted by molar-refractivity contribution is 0.0947. The van der Waals surface area contributed by atoms with Gasteiger partial charge in [0.15, 0.2) is 5.69 Å². The van der Waals surface area contributed by atoms with Gasteiger partial charge in [-0.2, -0.15) is 5.10 Å². The van der Waals surface area contributed by atoms with E-state index < -0.39 is 0 Å². The monoisotopic (exact) mass is 348 g/mol. The highest BCUT2D eigenvalue weighted by atomic mass is 35.5. The van der Waals surface area contributed by atoms with Crippen LogP contribution in [0, 0.1) is 6.92 Å². The summed E-state index contributed by atoms with van der Waals surface area (Å²) in [5.74, 6) is -0.0617. The molecule has 1 amide bonds. The number of para-hydroxylation sites is 1. The molecule has 0 spiro atoms. The Kier molecular flexibility index (Phi) is 6.40. The second-order valence-corrected chi connectivity index (χ2v) is 5.94. The minimum absolute atomic E-state index is 0. The van der Waals surface area contributed by atoms with Gasteiger partial charge in [-0.25, -0.2) is 4.68 Å². The summed E-state index contributed by atoms with van der Waals surface area (Å²) >= 11 is 0. The van der Waals surface area contributed by atoms with Crippen LogP contribution < -0.4 is 10.6 Å². The summed E-state index contributed by atoms with van der Waals surface area (Å²) in [5.41, 5.74) is 5.14. The molecule has 1 aromatic heterocycles. The molecule has 0 radical (unpaired) electrons. The molecule has 6 heteroatoms. The van der Waals surface area contributed by atoms with Crippen molar-refractivity contribution in [3.8, 4) is 5.69 Å². The van der Waals surface area contributed by atoms with Crippen molar-refractivity contribution in [1.82, 2.24) is 20.4 Å². The Morgan fingerprint density at radius 2 is 2.04 bits per heavy atom. The summed E-state index contributed by atoms with van der Waals surface area (Å²) < 4.78 is 1.97. The number of fused-ring (bicyclic) bond motifs is 1. The van der Waals surface area contributed by atoms with Gasteiger partial charge in [0.25, 0.3) is 5.91 Å². The highest BCUT2D eigenvalue weighted by molar-refractivity contribution is 5.94. The van der Waals surface area contributed by atoms with Crippen LogP contribution in [-0.2, 0) is 12.8 Å². The molecule has 0 bridgehead atoms. The Morgan fingerprint density at radius 1 is 1.25 bits per heavy atom. The molecule has 0 aliphatic heterocycles. The second-order valence-electron chi connectivity index (χ2n) is 5.94. The molecule has 0 fully saturated rings. The van der Waals surface area contributed by atoms with Crippen molar-refractivity contribution in [2.75, 3.05) is 19.6 Å². The lowest BCUT2D eigenvalue weighted by Gasteiger charge is -2.08. The van der Waals surface area contributed by atoms with Crippen LogP contribution >= 0.6 is 12.4 Å². The van der Waals surface area contributed by atoms with Crippen LogP contribution in [0.5, 0.6) is 0 Å². The van der Waals surface area contributed by atoms with Crippen LogP contribution in [0.15, 0.2) is 24.3 Å². The van der Waals surface area contributed by atoms with Crippen LogP contribution in [-0.4, -0.2) is 35.3 Å². The lowest BCUT2D eigenvalue weighted by atomic mass is 10.2. The van der Waals surface area contributed by atoms with Gasteiger partial charge in [0.05, 0.1) is 5.69 Å². The molecule has 0 saturated carbocycles. The van der Waals surface area contributed by atoms with Crippen molar-refractivity contribution in [2.24, 2.45) is 0 Å². The first-order valence-corrected chi connectivity index (χ1v) is 8.38. The van der Waals surface area contributed by atoms with Crippen molar-refractivity contribution in [3.05, 3.63) is 46.8 Å². The van der Waals surface area contributed by atoms with Gasteiger partial charge < -0.3 is 10.6 Å². The first kappa shape index (κ1) is 18.5. The van der Waals surface area contributed by atoms with E-state index in [0.717, 1.165) is 43.6 Å². The number of rotatable bonds is 6. The zero-order valence-electron chi connectivity index (χ0n) is 14.3. The molecular weight excluding hydrogens is 324 g/mol. The molecule has 1 aliphatic carbocycles. The van der Waals surface area contributed by atoms with E-state index in [1.807, 2.05) is 16.8 Å². The molecule has 0 unspecified atom stereocenters. The lowest BCUT2D eigenvalue weighted by Crippen LogP contribution is -2.32. The number of amides is 1. The summed E-state index contributed by atoms with van der Waals surface area (Å²) in [6.07, 6.45) is 3.02. The molecule has 0 atom stereocenters. The highest BCUT2D eigenvalue weighted by Gasteiger charge is 2.27. The van der Waals surface area contributed by atoms with E-state index in [1.54, 1.807) is 0 Å². The van der Waals surface area contributed by atoms with E-state index in [1.165, 1.54) is 11.3 Å². The summed E-state index contributed by atoms with van der Waals surface area (Å²) in [4.78, 5) is 12.5. The Morgan fingerprint density at radius 3 is 2.79 bits per heavy atom. The number of halogens is 1. The van der Waals surface area contributed by atoms with Gasteiger partial charge in [-0.1, -0.05) is 25.1 Å². The molecule has 1 aromatic carbocycles. The third-order valence-electron chi connectivity index (χ3n) is 4.33. The molecule has 3 rings (SSSR count). The number of nitrogens with zero attached hydrogens (tertiary/aromatic N) is 2. The number of hydrogen-bond acceptors (Lipinski definition) is 3. The van der Waals surface area contributed by atoms with E-state index in [4.69, 9.17) is 0 Å². The minimum atomic E-state index is -0.0617. The summed E-state index contributed by atoms with van der Waals surface area (Å²) in [6, 6.07) is 8.18. The minimum Gasteiger partial charge on any atom is -0.349 e. The number of nitrogens with one attached hydrogen (secondary N) is 2. The largest absolute Gasteiger partial charge is 0.349 e. The number of aryl methyl sites for hydroxylation is 1. The molecule has 5 nitrogen and oxygen atoms in total. The van der Waals surface area contributed by atoms with Gasteiger partial charge in [-0.3, -0.25) is 4.79 Å². The van der Waals surface area contributed by atoms with Gasteiger partial charge in [0.1, 0.15) is 0 Å². The molecule has 1 aliphatic rings. The molecule has 0 saturated heterocycles. The zero-order chi connectivity index (χ0) is 16.2. The Labute approximate surface area is 149 Å². The molecule has 24 heavy (non-hydrogen) atoms. The van der Waals surface area contributed by atoms with E-state index in [-0.39, 0.29) is 18.3 Å². The average Bonchev–Trinajstić information content (AvgIpc) is 3.14. The number of benzene rings is 1. The second kappa shape index (κ2) is 8.31. The molecule has 1 heterocycles. The summed E-state index contributed by atoms with van der Waals surface area (Å²) in [6.45, 7) is 6.45. The van der Waals surface area contributed by atoms with Crippen LogP contribution in [0.25, 0.3) is 5.69 Å². The number of hydrogen-bond donors (Lipinski definition) is 2.